The van der Waals surface area contributed by atoms with Crippen LogP contribution in [0.25, 0.3) is 10.2 Å². The zero-order valence-electron chi connectivity index (χ0n) is 14.0. The fourth-order valence-corrected chi connectivity index (χ4v) is 4.17. The number of hydrogen-bond donors (Lipinski definition) is 2. The number of para-hydroxylation sites is 1. The van der Waals surface area contributed by atoms with Gasteiger partial charge in [0.05, 0.1) is 15.2 Å². The lowest BCUT2D eigenvalue weighted by molar-refractivity contribution is -0.160. The van der Waals surface area contributed by atoms with Crippen LogP contribution in [0, 0.1) is 0 Å². The van der Waals surface area contributed by atoms with Gasteiger partial charge in [0.1, 0.15) is 0 Å². The van der Waals surface area contributed by atoms with Crippen LogP contribution in [0.4, 0.5) is 18.0 Å². The zero-order chi connectivity index (χ0) is 20.3. The van der Waals surface area contributed by atoms with Gasteiger partial charge in [-0.3, -0.25) is 14.9 Å². The molecule has 1 aliphatic rings. The second-order valence-corrected chi connectivity index (χ2v) is 7.63. The van der Waals surface area contributed by atoms with E-state index in [0.29, 0.717) is 11.3 Å². The number of thiazole rings is 1. The first-order chi connectivity index (χ1) is 13.2. The molecule has 2 N–H and O–H groups in total. The molecule has 1 aromatic carbocycles. The summed E-state index contributed by atoms with van der Waals surface area (Å²) >= 11 is 2.37. The fourth-order valence-electron chi connectivity index (χ4n) is 2.26. The van der Waals surface area contributed by atoms with Crippen molar-refractivity contribution in [3.63, 3.8) is 0 Å². The molecule has 12 heteroatoms. The number of fused-ring (bicyclic) bond motifs is 1. The number of nitrogens with zero attached hydrogens (tertiary/aromatic N) is 1. The molecule has 2 aromatic rings. The van der Waals surface area contributed by atoms with Crippen LogP contribution in [-0.2, 0) is 9.53 Å². The molecule has 0 aliphatic carbocycles. The van der Waals surface area contributed by atoms with Crippen molar-refractivity contribution in [2.75, 3.05) is 12.4 Å². The first-order valence-corrected chi connectivity index (χ1v) is 9.61. The topological polar surface area (TPSA) is 97.4 Å². The van der Waals surface area contributed by atoms with Gasteiger partial charge in [-0.15, -0.1) is 23.1 Å². The summed E-state index contributed by atoms with van der Waals surface area (Å²) < 4.78 is 40.9. The highest BCUT2D eigenvalue weighted by Crippen LogP contribution is 2.30. The number of alkyl halides is 3. The maximum Gasteiger partial charge on any atom is 0.422 e. The molecule has 0 atom stereocenters. The number of ether oxygens (including phenoxy) is 1. The third-order valence-electron chi connectivity index (χ3n) is 3.44. The number of thioether (sulfide) groups is 1. The van der Waals surface area contributed by atoms with E-state index >= 15 is 0 Å². The number of rotatable bonds is 4. The van der Waals surface area contributed by atoms with E-state index in [0.717, 1.165) is 4.70 Å². The molecule has 3 rings (SSSR count). The van der Waals surface area contributed by atoms with E-state index in [9.17, 15) is 27.6 Å². The van der Waals surface area contributed by atoms with Gasteiger partial charge in [-0.05, 0) is 18.6 Å². The van der Waals surface area contributed by atoms with Crippen LogP contribution in [-0.4, -0.2) is 41.4 Å². The van der Waals surface area contributed by atoms with Gasteiger partial charge in [0, 0.05) is 11.3 Å². The number of aromatic nitrogens is 1. The second kappa shape index (κ2) is 8.19. The van der Waals surface area contributed by atoms with Crippen molar-refractivity contribution in [3.8, 4) is 0 Å². The summed E-state index contributed by atoms with van der Waals surface area (Å²) in [7, 11) is 0. The number of amides is 3. The molecule has 1 aromatic heterocycles. The predicted molar refractivity (Wildman–Crippen MR) is 96.7 cm³/mol. The number of nitrogens with one attached hydrogen (secondary N) is 2. The van der Waals surface area contributed by atoms with Crippen molar-refractivity contribution < 1.29 is 32.3 Å². The Morgan fingerprint density at radius 3 is 2.64 bits per heavy atom. The minimum atomic E-state index is -4.70. The number of halogens is 3. The Morgan fingerprint density at radius 2 is 1.93 bits per heavy atom. The Labute approximate surface area is 164 Å². The fraction of sp³-hybridized carbons (Fsp3) is 0.250. The van der Waals surface area contributed by atoms with E-state index in [1.54, 1.807) is 17.4 Å². The Bertz CT molecular complexity index is 938. The number of hydrogen-bond acceptors (Lipinski definition) is 7. The average molecular weight is 431 g/mol. The van der Waals surface area contributed by atoms with Crippen LogP contribution in [0.2, 0.25) is 0 Å². The number of alkyl carbamates (subject to hydrolysis) is 1. The highest BCUT2D eigenvalue weighted by atomic mass is 32.2. The normalized spacial score (nSPS) is 14.2. The minimum Gasteiger partial charge on any atom is -0.440 e. The maximum absolute atomic E-state index is 12.4. The van der Waals surface area contributed by atoms with Crippen molar-refractivity contribution in [1.29, 1.82) is 0 Å². The summed E-state index contributed by atoms with van der Waals surface area (Å²) in [6.45, 7) is -1.80. The quantitative estimate of drug-likeness (QED) is 0.772. The van der Waals surface area contributed by atoms with Crippen molar-refractivity contribution in [2.24, 2.45) is 0 Å². The molecule has 2 heterocycles. The van der Waals surface area contributed by atoms with Crippen LogP contribution in [0.1, 0.15) is 16.2 Å². The highest BCUT2D eigenvalue weighted by molar-refractivity contribution is 8.03. The number of benzene rings is 1. The molecular formula is C16H12F3N3O4S2. The Morgan fingerprint density at radius 1 is 1.18 bits per heavy atom. The molecule has 0 unspecified atom stereocenters. The van der Waals surface area contributed by atoms with Crippen molar-refractivity contribution in [3.05, 3.63) is 39.9 Å². The lowest BCUT2D eigenvalue weighted by atomic mass is 10.2. The summed E-state index contributed by atoms with van der Waals surface area (Å²) in [6.07, 6.45) is -5.97. The molecule has 0 spiro atoms. The highest BCUT2D eigenvalue weighted by Gasteiger charge is 2.31. The van der Waals surface area contributed by atoms with E-state index in [4.69, 9.17) is 0 Å². The van der Waals surface area contributed by atoms with Gasteiger partial charge in [0.15, 0.2) is 11.6 Å². The Hall–Kier alpha value is -2.60. The van der Waals surface area contributed by atoms with E-state index in [2.05, 4.69) is 15.0 Å². The van der Waals surface area contributed by atoms with Crippen LogP contribution in [0.3, 0.4) is 0 Å². The molecule has 0 fully saturated rings. The van der Waals surface area contributed by atoms with Gasteiger partial charge in [-0.2, -0.15) is 13.2 Å². The standard InChI is InChI=1S/C16H12F3N3O4S2/c17-16(18,19)7-26-15(25)22-11(23)8-5-6-27-13(8)21-12(24)14-20-9-3-1-2-4-10(9)28-14/h1-4H,5-7H2,(H,21,24)(H,22,23,25). The lowest BCUT2D eigenvalue weighted by Crippen LogP contribution is -2.35. The number of carbonyl (C=O) groups is 3. The minimum absolute atomic E-state index is 0.0865. The molecule has 28 heavy (non-hydrogen) atoms. The van der Waals surface area contributed by atoms with Gasteiger partial charge in [-0.25, -0.2) is 9.78 Å². The zero-order valence-corrected chi connectivity index (χ0v) is 15.6. The largest absolute Gasteiger partial charge is 0.440 e. The lowest BCUT2D eigenvalue weighted by Gasteiger charge is -2.10. The summed E-state index contributed by atoms with van der Waals surface area (Å²) in [5.74, 6) is -0.970. The first-order valence-electron chi connectivity index (χ1n) is 7.80. The monoisotopic (exact) mass is 431 g/mol. The van der Waals surface area contributed by atoms with E-state index in [1.165, 1.54) is 23.1 Å². The third-order valence-corrected chi connectivity index (χ3v) is 5.52. The predicted octanol–water partition coefficient (Wildman–Crippen LogP) is 3.19. The number of imide groups is 1. The van der Waals surface area contributed by atoms with Gasteiger partial charge >= 0.3 is 12.3 Å². The summed E-state index contributed by atoms with van der Waals surface area (Å²) in [4.78, 5) is 40.1. The van der Waals surface area contributed by atoms with Gasteiger partial charge in [0.25, 0.3) is 11.8 Å². The van der Waals surface area contributed by atoms with Crippen molar-refractivity contribution in [2.45, 2.75) is 12.6 Å². The first kappa shape index (κ1) is 20.1. The average Bonchev–Trinajstić information content (AvgIpc) is 3.25. The van der Waals surface area contributed by atoms with Crippen LogP contribution in [0.5, 0.6) is 0 Å². The smallest absolute Gasteiger partial charge is 0.422 e. The molecule has 148 valence electrons. The molecule has 3 amide bonds. The Balaban J connectivity index is 1.66. The summed E-state index contributed by atoms with van der Waals surface area (Å²) in [5.41, 5.74) is 0.750. The van der Waals surface area contributed by atoms with Crippen LogP contribution >= 0.6 is 23.1 Å². The molecule has 1 aliphatic heterocycles. The molecule has 0 saturated heterocycles. The van der Waals surface area contributed by atoms with Crippen LogP contribution < -0.4 is 10.6 Å². The van der Waals surface area contributed by atoms with E-state index in [1.807, 2.05) is 12.1 Å². The van der Waals surface area contributed by atoms with Gasteiger partial charge in [0.2, 0.25) is 0 Å². The van der Waals surface area contributed by atoms with Crippen LogP contribution in [0.15, 0.2) is 34.9 Å². The van der Waals surface area contributed by atoms with Gasteiger partial charge < -0.3 is 10.1 Å². The molecule has 7 nitrogen and oxygen atoms in total. The Kier molecular flexibility index (Phi) is 5.89. The van der Waals surface area contributed by atoms with Crippen molar-refractivity contribution >= 4 is 51.2 Å². The SMILES string of the molecule is O=C(NC(=O)C1=C(NC(=O)c2nc3ccccc3s2)SCC1)OCC(F)(F)F. The third kappa shape index (κ3) is 5.01. The van der Waals surface area contributed by atoms with E-state index in [-0.39, 0.29) is 22.0 Å². The summed E-state index contributed by atoms with van der Waals surface area (Å²) in [6, 6.07) is 7.19. The van der Waals surface area contributed by atoms with Crippen molar-refractivity contribution in [1.82, 2.24) is 15.6 Å². The summed E-state index contributed by atoms with van der Waals surface area (Å²) in [5, 5.41) is 4.73. The van der Waals surface area contributed by atoms with E-state index < -0.39 is 30.7 Å². The molecular weight excluding hydrogens is 419 g/mol. The maximum atomic E-state index is 12.4. The second-order valence-electron chi connectivity index (χ2n) is 5.49. The molecule has 0 radical (unpaired) electrons. The molecule has 0 saturated carbocycles. The van der Waals surface area contributed by atoms with Gasteiger partial charge in [-0.1, -0.05) is 12.1 Å². The molecule has 0 bridgehead atoms. The number of carbonyl (C=O) groups excluding carboxylic acids is 3.